The highest BCUT2D eigenvalue weighted by atomic mass is 16.6. The molecule has 0 N–H and O–H groups in total. The molecule has 0 aliphatic carbocycles. The number of hydrogen-bond acceptors (Lipinski definition) is 7. The van der Waals surface area contributed by atoms with Crippen LogP contribution in [0.1, 0.15) is 86.3 Å². The third-order valence-electron chi connectivity index (χ3n) is 8.04. The molecule has 12 nitrogen and oxygen atoms in total. The molecule has 1 aromatic carbocycles. The Bertz CT molecular complexity index is 1350. The topological polar surface area (TPSA) is 118 Å². The van der Waals surface area contributed by atoms with E-state index in [1.165, 1.54) is 4.90 Å². The number of carbonyl (C=O) groups excluding carboxylic acids is 4. The van der Waals surface area contributed by atoms with Crippen molar-refractivity contribution >= 4 is 23.8 Å². The molecule has 0 spiro atoms. The Labute approximate surface area is 273 Å². The smallest absolute Gasteiger partial charge is 0.410 e. The molecule has 1 atom stereocenters. The molecule has 0 unspecified atom stereocenters. The van der Waals surface area contributed by atoms with E-state index in [0.717, 1.165) is 5.69 Å². The average Bonchev–Trinajstić information content (AvgIpc) is 3.39. The Morgan fingerprint density at radius 1 is 1.07 bits per heavy atom. The van der Waals surface area contributed by atoms with Crippen molar-refractivity contribution in [2.75, 3.05) is 53.9 Å². The number of benzene rings is 1. The predicted molar refractivity (Wildman–Crippen MR) is 176 cm³/mol. The first-order chi connectivity index (χ1) is 21.7. The first-order valence-electron chi connectivity index (χ1n) is 16.2. The number of amides is 4. The van der Waals surface area contributed by atoms with Crippen LogP contribution in [-0.4, -0.2) is 119 Å². The largest absolute Gasteiger partial charge is 0.493 e. The standard InChI is InChI=1S/C34H52N6O6/c1-9-40-25(2)24-27(35-40)31(42)36(6)20-14-17-28-32(43)37(7)19-12-13-21-39(33(44)46-34(3,4)5)22-15-23-45-29-18-11-10-16-26(29)30(41)38(28)8/h10-11,16,18,24,28H,9,12-15,17,19-23H2,1-8H3/t28-/m0/s1. The highest BCUT2D eigenvalue weighted by Gasteiger charge is 2.31. The average molecular weight is 641 g/mol. The molecule has 2 heterocycles. The van der Waals surface area contributed by atoms with Gasteiger partial charge in [-0.2, -0.15) is 5.10 Å². The molecule has 1 aromatic heterocycles. The number of likely N-dealkylation sites (N-methyl/N-ethyl adjacent to an activating group) is 2. The molecule has 254 valence electrons. The maximum atomic E-state index is 13.9. The maximum absolute atomic E-state index is 13.9. The fourth-order valence-corrected chi connectivity index (χ4v) is 5.41. The van der Waals surface area contributed by atoms with Crippen molar-refractivity contribution in [3.05, 3.63) is 47.3 Å². The minimum absolute atomic E-state index is 0.184. The van der Waals surface area contributed by atoms with Crippen LogP contribution < -0.4 is 4.74 Å². The lowest BCUT2D eigenvalue weighted by Gasteiger charge is -2.32. The van der Waals surface area contributed by atoms with E-state index in [4.69, 9.17) is 9.47 Å². The SMILES string of the molecule is CCn1nc(C(=O)N(C)CCC[C@H]2C(=O)N(C)CCCCN(C(=O)OC(C)(C)C)CCCOc3ccccc3C(=O)N2C)cc1C. The lowest BCUT2D eigenvalue weighted by molar-refractivity contribution is -0.134. The number of fused-ring (bicyclic) bond motifs is 1. The molecule has 12 heteroatoms. The first kappa shape index (κ1) is 36.4. The lowest BCUT2D eigenvalue weighted by Crippen LogP contribution is -2.49. The van der Waals surface area contributed by atoms with E-state index in [1.807, 2.05) is 34.6 Å². The van der Waals surface area contributed by atoms with Gasteiger partial charge in [-0.05, 0) is 84.9 Å². The Morgan fingerprint density at radius 3 is 2.41 bits per heavy atom. The van der Waals surface area contributed by atoms with Crippen LogP contribution in [-0.2, 0) is 16.1 Å². The van der Waals surface area contributed by atoms with Crippen molar-refractivity contribution in [3.8, 4) is 5.75 Å². The van der Waals surface area contributed by atoms with Crippen molar-refractivity contribution in [3.63, 3.8) is 0 Å². The summed E-state index contributed by atoms with van der Waals surface area (Å²) in [5.74, 6) is -0.277. The molecule has 1 aliphatic rings. The van der Waals surface area contributed by atoms with E-state index in [1.54, 1.807) is 70.9 Å². The number of para-hydroxylation sites is 1. The van der Waals surface area contributed by atoms with Crippen LogP contribution in [0.15, 0.2) is 30.3 Å². The molecule has 3 rings (SSSR count). The second-order valence-corrected chi connectivity index (χ2v) is 12.9. The normalized spacial score (nSPS) is 17.4. The van der Waals surface area contributed by atoms with Gasteiger partial charge in [-0.3, -0.25) is 19.1 Å². The number of ether oxygens (including phenoxy) is 2. The Kier molecular flexibility index (Phi) is 13.0. The van der Waals surface area contributed by atoms with Crippen LogP contribution in [0.5, 0.6) is 5.75 Å². The van der Waals surface area contributed by atoms with Gasteiger partial charge in [0.2, 0.25) is 5.91 Å². The Hall–Kier alpha value is -4.09. The van der Waals surface area contributed by atoms with E-state index in [2.05, 4.69) is 5.10 Å². The molecule has 0 radical (unpaired) electrons. The summed E-state index contributed by atoms with van der Waals surface area (Å²) in [5, 5.41) is 4.40. The molecule has 0 saturated carbocycles. The monoisotopic (exact) mass is 640 g/mol. The summed E-state index contributed by atoms with van der Waals surface area (Å²) < 4.78 is 13.5. The van der Waals surface area contributed by atoms with Gasteiger partial charge in [0, 0.05) is 59.6 Å². The molecular weight excluding hydrogens is 588 g/mol. The van der Waals surface area contributed by atoms with Crippen LogP contribution in [0.3, 0.4) is 0 Å². The zero-order chi connectivity index (χ0) is 34.0. The van der Waals surface area contributed by atoms with Gasteiger partial charge in [0.15, 0.2) is 5.69 Å². The summed E-state index contributed by atoms with van der Waals surface area (Å²) in [5.41, 5.74) is 1.04. The van der Waals surface area contributed by atoms with Gasteiger partial charge in [0.25, 0.3) is 11.8 Å². The van der Waals surface area contributed by atoms with Crippen LogP contribution >= 0.6 is 0 Å². The predicted octanol–water partition coefficient (Wildman–Crippen LogP) is 4.46. The highest BCUT2D eigenvalue weighted by molar-refractivity contribution is 5.99. The van der Waals surface area contributed by atoms with Crippen LogP contribution in [0, 0.1) is 6.92 Å². The quantitative estimate of drug-likeness (QED) is 0.458. The summed E-state index contributed by atoms with van der Waals surface area (Å²) in [7, 11) is 5.10. The van der Waals surface area contributed by atoms with Crippen molar-refractivity contribution in [1.29, 1.82) is 0 Å². The van der Waals surface area contributed by atoms with Crippen molar-refractivity contribution in [1.82, 2.24) is 29.4 Å². The van der Waals surface area contributed by atoms with Crippen LogP contribution in [0.4, 0.5) is 4.79 Å². The second kappa shape index (κ2) is 16.5. The van der Waals surface area contributed by atoms with Gasteiger partial charge >= 0.3 is 6.09 Å². The van der Waals surface area contributed by atoms with Gasteiger partial charge in [-0.25, -0.2) is 4.79 Å². The van der Waals surface area contributed by atoms with Gasteiger partial charge in [-0.15, -0.1) is 0 Å². The van der Waals surface area contributed by atoms with Crippen LogP contribution in [0.25, 0.3) is 0 Å². The van der Waals surface area contributed by atoms with Crippen molar-refractivity contribution in [2.24, 2.45) is 0 Å². The fraction of sp³-hybridized carbons (Fsp3) is 0.618. The van der Waals surface area contributed by atoms with Gasteiger partial charge < -0.3 is 29.1 Å². The summed E-state index contributed by atoms with van der Waals surface area (Å²) in [6.45, 7) is 12.2. The summed E-state index contributed by atoms with van der Waals surface area (Å²) in [6, 6.07) is 8.02. The second-order valence-electron chi connectivity index (χ2n) is 12.9. The number of aromatic nitrogens is 2. The third kappa shape index (κ3) is 9.95. The molecule has 46 heavy (non-hydrogen) atoms. The Balaban J connectivity index is 1.78. The van der Waals surface area contributed by atoms with E-state index >= 15 is 0 Å². The molecule has 0 fully saturated rings. The lowest BCUT2D eigenvalue weighted by atomic mass is 10.1. The summed E-state index contributed by atoms with van der Waals surface area (Å²) in [6.07, 6.45) is 2.39. The van der Waals surface area contributed by atoms with Gasteiger partial charge in [0.1, 0.15) is 17.4 Å². The maximum Gasteiger partial charge on any atom is 0.410 e. The minimum atomic E-state index is -0.748. The highest BCUT2D eigenvalue weighted by Crippen LogP contribution is 2.23. The molecule has 2 aromatic rings. The summed E-state index contributed by atoms with van der Waals surface area (Å²) >= 11 is 0. The molecule has 4 amide bonds. The minimum Gasteiger partial charge on any atom is -0.493 e. The zero-order valence-electron chi connectivity index (χ0n) is 28.9. The number of hydrogen-bond donors (Lipinski definition) is 0. The van der Waals surface area contributed by atoms with Crippen molar-refractivity contribution in [2.45, 2.75) is 84.9 Å². The number of rotatable bonds is 6. The third-order valence-corrected chi connectivity index (χ3v) is 8.04. The van der Waals surface area contributed by atoms with Gasteiger partial charge in [-0.1, -0.05) is 12.1 Å². The van der Waals surface area contributed by atoms with Crippen LogP contribution in [0.2, 0.25) is 0 Å². The van der Waals surface area contributed by atoms with E-state index in [9.17, 15) is 19.2 Å². The van der Waals surface area contributed by atoms with E-state index in [-0.39, 0.29) is 23.8 Å². The van der Waals surface area contributed by atoms with Crippen molar-refractivity contribution < 1.29 is 28.7 Å². The van der Waals surface area contributed by atoms with E-state index < -0.39 is 11.6 Å². The summed E-state index contributed by atoms with van der Waals surface area (Å²) in [4.78, 5) is 60.1. The molecule has 0 saturated heterocycles. The number of carbonyl (C=O) groups is 4. The first-order valence-corrected chi connectivity index (χ1v) is 16.2. The zero-order valence-corrected chi connectivity index (χ0v) is 28.9. The molecular formula is C34H52N6O6. The Morgan fingerprint density at radius 2 is 1.74 bits per heavy atom. The van der Waals surface area contributed by atoms with E-state index in [0.29, 0.717) is 88.4 Å². The molecule has 1 aliphatic heterocycles. The number of aryl methyl sites for hydroxylation is 2. The molecule has 0 bridgehead atoms. The van der Waals surface area contributed by atoms with Gasteiger partial charge in [0.05, 0.1) is 12.2 Å². The number of nitrogens with zero attached hydrogens (tertiary/aromatic N) is 6. The fourth-order valence-electron chi connectivity index (χ4n) is 5.41.